The van der Waals surface area contributed by atoms with Crippen LogP contribution in [-0.2, 0) is 33.4 Å². The van der Waals surface area contributed by atoms with Gasteiger partial charge in [0.25, 0.3) is 10.0 Å². The molecule has 1 aliphatic heterocycles. The van der Waals surface area contributed by atoms with Crippen LogP contribution in [0.15, 0.2) is 35.2 Å². The number of ether oxygens (including phenoxy) is 2. The van der Waals surface area contributed by atoms with E-state index in [0.29, 0.717) is 23.8 Å². The highest BCUT2D eigenvalue weighted by atomic mass is 32.2. The minimum Gasteiger partial charge on any atom is -0.479 e. The number of aromatic nitrogens is 1. The molecule has 0 amide bonds. The highest BCUT2D eigenvalue weighted by Crippen LogP contribution is 2.46. The van der Waals surface area contributed by atoms with Crippen LogP contribution in [0.4, 0.5) is 10.1 Å². The van der Waals surface area contributed by atoms with Gasteiger partial charge in [0, 0.05) is 32.5 Å². The van der Waals surface area contributed by atoms with Crippen LogP contribution in [0.3, 0.4) is 0 Å². The maximum atomic E-state index is 14.9. The Kier molecular flexibility index (Phi) is 6.42. The molecule has 0 bridgehead atoms. The number of methoxy groups -OCH3 is 2. The molecule has 1 fully saturated rings. The zero-order valence-electron chi connectivity index (χ0n) is 18.7. The third-order valence-electron chi connectivity index (χ3n) is 6.52. The van der Waals surface area contributed by atoms with E-state index >= 15 is 0 Å². The third-order valence-corrected chi connectivity index (χ3v) is 7.91. The fourth-order valence-corrected chi connectivity index (χ4v) is 5.44. The van der Waals surface area contributed by atoms with Gasteiger partial charge in [0.1, 0.15) is 11.4 Å². The Morgan fingerprint density at radius 1 is 1.25 bits per heavy atom. The van der Waals surface area contributed by atoms with Crippen LogP contribution >= 0.6 is 0 Å². The Balaban J connectivity index is 1.55. The van der Waals surface area contributed by atoms with E-state index < -0.39 is 15.7 Å². The van der Waals surface area contributed by atoms with Gasteiger partial charge in [-0.2, -0.15) is 0 Å². The fourth-order valence-electron chi connectivity index (χ4n) is 4.39. The third kappa shape index (κ3) is 4.46. The molecule has 1 aliphatic carbocycles. The molecular formula is C23H30FN3O4S. The topological polar surface area (TPSA) is 89.6 Å². The van der Waals surface area contributed by atoms with Crippen molar-refractivity contribution in [2.24, 2.45) is 0 Å². The van der Waals surface area contributed by atoms with Crippen molar-refractivity contribution >= 4 is 15.7 Å². The predicted octanol–water partition coefficient (Wildman–Crippen LogP) is 3.68. The lowest BCUT2D eigenvalue weighted by Gasteiger charge is -2.40. The molecule has 1 unspecified atom stereocenters. The Labute approximate surface area is 188 Å². The second-order valence-corrected chi connectivity index (χ2v) is 10.2. The molecule has 4 rings (SSSR count). The van der Waals surface area contributed by atoms with Gasteiger partial charge in [0.15, 0.2) is 0 Å². The Hall–Kier alpha value is -2.23. The number of alkyl halides is 1. The van der Waals surface area contributed by atoms with E-state index in [-0.39, 0.29) is 29.7 Å². The number of anilines is 1. The maximum absolute atomic E-state index is 14.9. The minimum absolute atomic E-state index is 0.0529. The first-order valence-corrected chi connectivity index (χ1v) is 12.4. The summed E-state index contributed by atoms with van der Waals surface area (Å²) >= 11 is 0. The van der Waals surface area contributed by atoms with Crippen LogP contribution in [0.25, 0.3) is 0 Å². The van der Waals surface area contributed by atoms with Gasteiger partial charge in [-0.1, -0.05) is 19.1 Å². The Morgan fingerprint density at radius 3 is 2.59 bits per heavy atom. The Morgan fingerprint density at radius 2 is 1.97 bits per heavy atom. The number of aryl methyl sites for hydroxylation is 1. The molecule has 32 heavy (non-hydrogen) atoms. The zero-order chi connectivity index (χ0) is 22.9. The van der Waals surface area contributed by atoms with Crippen molar-refractivity contribution in [2.75, 3.05) is 18.9 Å². The summed E-state index contributed by atoms with van der Waals surface area (Å²) in [5.74, 6) is 0.225. The minimum atomic E-state index is -3.90. The molecule has 0 spiro atoms. The lowest BCUT2D eigenvalue weighted by molar-refractivity contribution is -0.0822. The molecule has 7 nitrogen and oxygen atoms in total. The smallest absolute Gasteiger partial charge is 0.262 e. The summed E-state index contributed by atoms with van der Waals surface area (Å²) in [4.78, 5) is 4.60. The van der Waals surface area contributed by atoms with Gasteiger partial charge < -0.3 is 14.8 Å². The van der Waals surface area contributed by atoms with Crippen LogP contribution in [0, 0.1) is 0 Å². The molecule has 1 atom stereocenters. The van der Waals surface area contributed by atoms with E-state index in [1.54, 1.807) is 7.11 Å². The number of hydrogen-bond acceptors (Lipinski definition) is 6. The molecule has 2 heterocycles. The number of halogens is 1. The van der Waals surface area contributed by atoms with E-state index in [1.807, 2.05) is 6.07 Å². The average Bonchev–Trinajstić information content (AvgIpc) is 2.97. The highest BCUT2D eigenvalue weighted by Gasteiger charge is 2.46. The van der Waals surface area contributed by atoms with E-state index in [4.69, 9.17) is 9.47 Å². The predicted molar refractivity (Wildman–Crippen MR) is 120 cm³/mol. The SMILES string of the molecule is CCC1CCc2cc(NS(=O)(=O)c3ccc([C@]4(F)C[C@@H](OC)C4)cc3)c(OC)nc2CN1. The molecule has 2 aromatic rings. The average molecular weight is 464 g/mol. The van der Waals surface area contributed by atoms with E-state index in [1.165, 1.54) is 31.4 Å². The quantitative estimate of drug-likeness (QED) is 0.651. The lowest BCUT2D eigenvalue weighted by atomic mass is 9.74. The molecule has 1 aromatic heterocycles. The molecule has 2 N–H and O–H groups in total. The van der Waals surface area contributed by atoms with Crippen LogP contribution in [0.1, 0.15) is 49.4 Å². The first-order chi connectivity index (χ1) is 15.3. The van der Waals surface area contributed by atoms with Crippen molar-refractivity contribution in [2.45, 2.75) is 68.3 Å². The number of benzene rings is 1. The first kappa shape index (κ1) is 22.9. The molecular weight excluding hydrogens is 433 g/mol. The van der Waals surface area contributed by atoms with Gasteiger partial charge in [0.2, 0.25) is 5.88 Å². The number of rotatable bonds is 7. The molecule has 0 radical (unpaired) electrons. The van der Waals surface area contributed by atoms with E-state index in [9.17, 15) is 12.8 Å². The van der Waals surface area contributed by atoms with Crippen LogP contribution in [-0.4, -0.2) is 39.8 Å². The monoisotopic (exact) mass is 463 g/mol. The van der Waals surface area contributed by atoms with Crippen molar-refractivity contribution < 1.29 is 22.3 Å². The van der Waals surface area contributed by atoms with Gasteiger partial charge >= 0.3 is 0 Å². The zero-order valence-corrected chi connectivity index (χ0v) is 19.5. The summed E-state index contributed by atoms with van der Waals surface area (Å²) in [6.07, 6.45) is 3.25. The van der Waals surface area contributed by atoms with Crippen molar-refractivity contribution in [3.05, 3.63) is 47.2 Å². The second-order valence-electron chi connectivity index (χ2n) is 8.54. The fraction of sp³-hybridized carbons (Fsp3) is 0.522. The molecule has 1 saturated carbocycles. The van der Waals surface area contributed by atoms with Gasteiger partial charge in [0.05, 0.1) is 23.8 Å². The summed E-state index contributed by atoms with van der Waals surface area (Å²) in [7, 11) is -0.866. The molecule has 2 aliphatic rings. The number of pyridine rings is 1. The molecule has 1 aromatic carbocycles. The lowest BCUT2D eigenvalue weighted by Crippen LogP contribution is -2.42. The first-order valence-electron chi connectivity index (χ1n) is 10.9. The second kappa shape index (κ2) is 8.96. The molecule has 0 saturated heterocycles. The normalized spacial score (nSPS) is 25.4. The largest absolute Gasteiger partial charge is 0.479 e. The van der Waals surface area contributed by atoms with Crippen LogP contribution in [0.5, 0.6) is 5.88 Å². The van der Waals surface area contributed by atoms with Gasteiger partial charge in [-0.3, -0.25) is 4.72 Å². The van der Waals surface area contributed by atoms with E-state index in [0.717, 1.165) is 30.5 Å². The summed E-state index contributed by atoms with van der Waals surface area (Å²) in [5, 5.41) is 3.47. The summed E-state index contributed by atoms with van der Waals surface area (Å²) in [6, 6.07) is 8.13. The number of hydrogen-bond donors (Lipinski definition) is 2. The summed E-state index contributed by atoms with van der Waals surface area (Å²) < 4.78 is 54.1. The van der Waals surface area contributed by atoms with Crippen LogP contribution in [0.2, 0.25) is 0 Å². The molecule has 9 heteroatoms. The standard InChI is InChI=1S/C23H30FN3O4S/c1-4-17-8-5-15-11-20(22(31-3)26-21(15)14-25-17)27-32(28,29)19-9-6-16(7-10-19)23(24)12-18(13-23)30-2/h6-7,9-11,17-18,25,27H,4-5,8,12-14H2,1-3H3/t17?,18-,23+. The van der Waals surface area contributed by atoms with Gasteiger partial charge in [-0.25, -0.2) is 17.8 Å². The Bertz CT molecular complexity index is 1070. The molecule has 174 valence electrons. The number of nitrogens with one attached hydrogen (secondary N) is 2. The van der Waals surface area contributed by atoms with Gasteiger partial charge in [-0.15, -0.1) is 0 Å². The van der Waals surface area contributed by atoms with Crippen LogP contribution < -0.4 is 14.8 Å². The number of sulfonamides is 1. The van der Waals surface area contributed by atoms with Crippen molar-refractivity contribution in [3.63, 3.8) is 0 Å². The van der Waals surface area contributed by atoms with Crippen molar-refractivity contribution in [1.82, 2.24) is 10.3 Å². The maximum Gasteiger partial charge on any atom is 0.262 e. The van der Waals surface area contributed by atoms with Crippen molar-refractivity contribution in [1.29, 1.82) is 0 Å². The van der Waals surface area contributed by atoms with Gasteiger partial charge in [-0.05, 0) is 48.6 Å². The van der Waals surface area contributed by atoms with E-state index in [2.05, 4.69) is 21.9 Å². The van der Waals surface area contributed by atoms with Crippen molar-refractivity contribution in [3.8, 4) is 5.88 Å². The summed E-state index contributed by atoms with van der Waals surface area (Å²) in [5.41, 5.74) is 1.17. The number of fused-ring (bicyclic) bond motifs is 1. The summed E-state index contributed by atoms with van der Waals surface area (Å²) in [6.45, 7) is 2.76. The highest BCUT2D eigenvalue weighted by molar-refractivity contribution is 7.92. The number of nitrogens with zero attached hydrogens (tertiary/aromatic N) is 1.